The molecule has 2 aliphatic heterocycles. The van der Waals surface area contributed by atoms with Gasteiger partial charge in [-0.1, -0.05) is 12.1 Å². The van der Waals surface area contributed by atoms with E-state index in [4.69, 9.17) is 4.98 Å². The Hall–Kier alpha value is -2.67. The molecule has 0 spiro atoms. The average molecular weight is 349 g/mol. The van der Waals surface area contributed by atoms with Gasteiger partial charge in [0.2, 0.25) is 11.9 Å². The van der Waals surface area contributed by atoms with Crippen LogP contribution in [-0.4, -0.2) is 69.7 Å². The van der Waals surface area contributed by atoms with Crippen LogP contribution in [0.5, 0.6) is 0 Å². The molecule has 0 saturated carbocycles. The lowest BCUT2D eigenvalue weighted by Crippen LogP contribution is -2.63. The van der Waals surface area contributed by atoms with Gasteiger partial charge in [0.15, 0.2) is 0 Å². The van der Waals surface area contributed by atoms with Crippen molar-refractivity contribution >= 4 is 22.9 Å². The van der Waals surface area contributed by atoms with Crippen LogP contribution in [0.25, 0.3) is 11.0 Å². The Balaban J connectivity index is 1.20. The number of benzene rings is 1. The first-order valence-electron chi connectivity index (χ1n) is 9.22. The fraction of sp³-hybridized carbons (Fsp3) is 0.421. The molecule has 0 aliphatic carbocycles. The molecule has 26 heavy (non-hydrogen) atoms. The molecule has 3 aromatic rings. The molecule has 0 amide bonds. The van der Waals surface area contributed by atoms with Crippen molar-refractivity contribution in [3.05, 3.63) is 42.7 Å². The van der Waals surface area contributed by atoms with E-state index >= 15 is 0 Å². The fourth-order valence-electron chi connectivity index (χ4n) is 4.01. The van der Waals surface area contributed by atoms with E-state index in [2.05, 4.69) is 54.5 Å². The Kier molecular flexibility index (Phi) is 3.74. The van der Waals surface area contributed by atoms with Crippen LogP contribution in [0, 0.1) is 0 Å². The number of aromatic nitrogens is 4. The second-order valence-electron chi connectivity index (χ2n) is 7.09. The van der Waals surface area contributed by atoms with Crippen LogP contribution in [-0.2, 0) is 7.05 Å². The van der Waals surface area contributed by atoms with Crippen molar-refractivity contribution < 1.29 is 0 Å². The first-order chi connectivity index (χ1) is 12.8. The third-order valence-corrected chi connectivity index (χ3v) is 5.57. The van der Waals surface area contributed by atoms with Crippen molar-refractivity contribution in [3.63, 3.8) is 0 Å². The van der Waals surface area contributed by atoms with E-state index in [1.165, 1.54) is 5.52 Å². The summed E-state index contributed by atoms with van der Waals surface area (Å²) in [6.45, 7) is 6.23. The molecule has 0 unspecified atom stereocenters. The molecule has 134 valence electrons. The predicted molar refractivity (Wildman–Crippen MR) is 103 cm³/mol. The van der Waals surface area contributed by atoms with E-state index in [0.29, 0.717) is 6.04 Å². The highest BCUT2D eigenvalue weighted by Crippen LogP contribution is 2.27. The number of imidazole rings is 1. The van der Waals surface area contributed by atoms with Gasteiger partial charge in [-0.3, -0.25) is 4.90 Å². The fourth-order valence-corrected chi connectivity index (χ4v) is 4.01. The molecule has 2 fully saturated rings. The second-order valence-corrected chi connectivity index (χ2v) is 7.09. The van der Waals surface area contributed by atoms with Gasteiger partial charge in [0.05, 0.1) is 11.0 Å². The lowest BCUT2D eigenvalue weighted by molar-refractivity contribution is 0.155. The zero-order valence-electron chi connectivity index (χ0n) is 15.0. The van der Waals surface area contributed by atoms with E-state index in [0.717, 1.165) is 56.7 Å². The highest BCUT2D eigenvalue weighted by atomic mass is 15.4. The first-order valence-corrected chi connectivity index (χ1v) is 9.22. The molecular weight excluding hydrogens is 326 g/mol. The molecule has 2 saturated heterocycles. The van der Waals surface area contributed by atoms with Crippen molar-refractivity contribution in [3.8, 4) is 0 Å². The van der Waals surface area contributed by atoms with Gasteiger partial charge < -0.3 is 14.4 Å². The van der Waals surface area contributed by atoms with E-state index in [1.807, 2.05) is 24.5 Å². The zero-order chi connectivity index (χ0) is 17.5. The van der Waals surface area contributed by atoms with E-state index in [1.54, 1.807) is 0 Å². The summed E-state index contributed by atoms with van der Waals surface area (Å²) in [5, 5.41) is 0. The van der Waals surface area contributed by atoms with Crippen LogP contribution in [0.1, 0.15) is 0 Å². The summed E-state index contributed by atoms with van der Waals surface area (Å²) in [5.74, 6) is 1.93. The number of hydrogen-bond acceptors (Lipinski definition) is 6. The molecule has 7 heteroatoms. The van der Waals surface area contributed by atoms with Crippen molar-refractivity contribution in [1.29, 1.82) is 0 Å². The molecule has 0 N–H and O–H groups in total. The van der Waals surface area contributed by atoms with Crippen molar-refractivity contribution in [1.82, 2.24) is 24.4 Å². The van der Waals surface area contributed by atoms with Crippen LogP contribution in [0.4, 0.5) is 11.9 Å². The minimum absolute atomic E-state index is 0.619. The molecule has 0 radical (unpaired) electrons. The van der Waals surface area contributed by atoms with E-state index in [9.17, 15) is 0 Å². The van der Waals surface area contributed by atoms with Crippen LogP contribution in [0.2, 0.25) is 0 Å². The zero-order valence-corrected chi connectivity index (χ0v) is 15.0. The molecule has 0 bridgehead atoms. The highest BCUT2D eigenvalue weighted by Gasteiger charge is 2.35. The molecule has 5 rings (SSSR count). The number of fused-ring (bicyclic) bond motifs is 1. The van der Waals surface area contributed by atoms with E-state index < -0.39 is 0 Å². The summed E-state index contributed by atoms with van der Waals surface area (Å²) < 4.78 is 2.20. The molecule has 7 nitrogen and oxygen atoms in total. The molecular formula is C19H23N7. The summed E-state index contributed by atoms with van der Waals surface area (Å²) in [7, 11) is 2.11. The summed E-state index contributed by atoms with van der Waals surface area (Å²) in [5.41, 5.74) is 2.27. The van der Waals surface area contributed by atoms with Crippen molar-refractivity contribution in [2.75, 3.05) is 49.1 Å². The number of para-hydroxylation sites is 2. The topological polar surface area (TPSA) is 53.3 Å². The van der Waals surface area contributed by atoms with Gasteiger partial charge in [-0.2, -0.15) is 0 Å². The predicted octanol–water partition coefficient (Wildman–Crippen LogP) is 1.37. The standard InChI is InChI=1S/C19H23N7/c1-23-17-6-3-2-5-16(17)22-19(23)26-13-15(14-26)24-9-11-25(12-10-24)18-20-7-4-8-21-18/h2-8,15H,9-14H2,1H3. The minimum atomic E-state index is 0.619. The lowest BCUT2D eigenvalue weighted by atomic mass is 10.1. The Morgan fingerprint density at radius 3 is 2.35 bits per heavy atom. The van der Waals surface area contributed by atoms with Crippen molar-refractivity contribution in [2.45, 2.75) is 6.04 Å². The molecule has 2 aromatic heterocycles. The maximum atomic E-state index is 4.81. The van der Waals surface area contributed by atoms with Gasteiger partial charge in [-0.05, 0) is 18.2 Å². The maximum absolute atomic E-state index is 4.81. The molecule has 2 aliphatic rings. The third-order valence-electron chi connectivity index (χ3n) is 5.57. The number of aryl methyl sites for hydroxylation is 1. The van der Waals surface area contributed by atoms with Crippen LogP contribution in [0.3, 0.4) is 0 Å². The van der Waals surface area contributed by atoms with Gasteiger partial charge in [0.25, 0.3) is 0 Å². The first kappa shape index (κ1) is 15.6. The summed E-state index contributed by atoms with van der Waals surface area (Å²) >= 11 is 0. The summed E-state index contributed by atoms with van der Waals surface area (Å²) in [6.07, 6.45) is 3.63. The number of rotatable bonds is 3. The Morgan fingerprint density at radius 2 is 1.62 bits per heavy atom. The van der Waals surface area contributed by atoms with Gasteiger partial charge >= 0.3 is 0 Å². The monoisotopic (exact) mass is 349 g/mol. The van der Waals surface area contributed by atoms with E-state index in [-0.39, 0.29) is 0 Å². The largest absolute Gasteiger partial charge is 0.339 e. The molecule has 4 heterocycles. The van der Waals surface area contributed by atoms with Crippen LogP contribution in [0.15, 0.2) is 42.7 Å². The van der Waals surface area contributed by atoms with Gasteiger partial charge in [-0.15, -0.1) is 0 Å². The highest BCUT2D eigenvalue weighted by molar-refractivity contribution is 5.78. The van der Waals surface area contributed by atoms with Gasteiger partial charge in [0, 0.05) is 64.8 Å². The van der Waals surface area contributed by atoms with Gasteiger partial charge in [-0.25, -0.2) is 15.0 Å². The summed E-state index contributed by atoms with van der Waals surface area (Å²) in [4.78, 5) is 20.8. The summed E-state index contributed by atoms with van der Waals surface area (Å²) in [6, 6.07) is 10.8. The normalized spacial score (nSPS) is 19.1. The molecule has 0 atom stereocenters. The lowest BCUT2D eigenvalue weighted by Gasteiger charge is -2.48. The van der Waals surface area contributed by atoms with Gasteiger partial charge in [0.1, 0.15) is 0 Å². The Morgan fingerprint density at radius 1 is 0.885 bits per heavy atom. The average Bonchev–Trinajstić information content (AvgIpc) is 2.99. The Labute approximate surface area is 152 Å². The second kappa shape index (κ2) is 6.25. The number of piperazine rings is 1. The van der Waals surface area contributed by atoms with Crippen molar-refractivity contribution in [2.24, 2.45) is 7.05 Å². The SMILES string of the molecule is Cn1c(N2CC(N3CCN(c4ncccn4)CC3)C2)nc2ccccc21. The molecule has 1 aromatic carbocycles. The van der Waals surface area contributed by atoms with Crippen LogP contribution >= 0.6 is 0 Å². The Bertz CT molecular complexity index is 893. The maximum Gasteiger partial charge on any atom is 0.225 e. The third kappa shape index (κ3) is 2.59. The quantitative estimate of drug-likeness (QED) is 0.712. The minimum Gasteiger partial charge on any atom is -0.339 e. The van der Waals surface area contributed by atoms with Crippen LogP contribution < -0.4 is 9.80 Å². The smallest absolute Gasteiger partial charge is 0.225 e. The number of anilines is 2. The number of hydrogen-bond donors (Lipinski definition) is 0. The number of nitrogens with zero attached hydrogens (tertiary/aromatic N) is 7.